The molecule has 1 amide bonds. The number of hydrogen-bond acceptors (Lipinski definition) is 4. The molecule has 0 aliphatic carbocycles. The Labute approximate surface area is 163 Å². The average molecular weight is 412 g/mol. The van der Waals surface area contributed by atoms with Crippen LogP contribution in [0.25, 0.3) is 0 Å². The van der Waals surface area contributed by atoms with Gasteiger partial charge in [-0.3, -0.25) is 4.79 Å². The first kappa shape index (κ1) is 21.8. The van der Waals surface area contributed by atoms with E-state index in [0.717, 1.165) is 15.4 Å². The lowest BCUT2D eigenvalue weighted by Gasteiger charge is -2.17. The summed E-state index contributed by atoms with van der Waals surface area (Å²) in [6.45, 7) is 0.585. The molecule has 0 aliphatic heterocycles. The van der Waals surface area contributed by atoms with Crippen molar-refractivity contribution in [1.82, 2.24) is 9.62 Å². The Balaban J connectivity index is 1.93. The first-order chi connectivity index (χ1) is 13.1. The fraction of sp³-hybridized carbons (Fsp3) is 0.316. The second-order valence-corrected chi connectivity index (χ2v) is 8.35. The van der Waals surface area contributed by atoms with Gasteiger partial charge in [0.05, 0.1) is 11.4 Å². The van der Waals surface area contributed by atoms with Crippen LogP contribution in [0.1, 0.15) is 16.7 Å². The van der Waals surface area contributed by atoms with E-state index >= 15 is 0 Å². The standard InChI is InChI=1S/C19H22F2N2O4S/c1-13-4-9-17(10-14(13)2)28(25,26)23(3)12-18(24)22-11-15-5-7-16(8-6-15)27-19(20)21/h4-10,19H,11-12H2,1-3H3,(H,22,24). The average Bonchev–Trinajstić information content (AvgIpc) is 2.62. The molecule has 0 atom stereocenters. The predicted octanol–water partition coefficient (Wildman–Crippen LogP) is 2.84. The molecule has 6 nitrogen and oxygen atoms in total. The van der Waals surface area contributed by atoms with E-state index in [9.17, 15) is 22.0 Å². The van der Waals surface area contributed by atoms with E-state index in [0.29, 0.717) is 5.56 Å². The zero-order chi connectivity index (χ0) is 20.9. The molecular weight excluding hydrogens is 390 g/mol. The van der Waals surface area contributed by atoms with Crippen LogP contribution in [0, 0.1) is 13.8 Å². The summed E-state index contributed by atoms with van der Waals surface area (Å²) < 4.78 is 54.7. The third kappa shape index (κ3) is 5.74. The van der Waals surface area contributed by atoms with Crippen molar-refractivity contribution in [2.75, 3.05) is 13.6 Å². The highest BCUT2D eigenvalue weighted by Crippen LogP contribution is 2.18. The van der Waals surface area contributed by atoms with E-state index in [2.05, 4.69) is 10.1 Å². The Morgan fingerprint density at radius 1 is 1.11 bits per heavy atom. The number of nitrogens with one attached hydrogen (secondary N) is 1. The van der Waals surface area contributed by atoms with Gasteiger partial charge < -0.3 is 10.1 Å². The first-order valence-corrected chi connectivity index (χ1v) is 9.87. The molecule has 0 aromatic heterocycles. The van der Waals surface area contributed by atoms with Gasteiger partial charge in [-0.2, -0.15) is 13.1 Å². The normalized spacial score (nSPS) is 11.7. The van der Waals surface area contributed by atoms with E-state index in [-0.39, 0.29) is 23.7 Å². The van der Waals surface area contributed by atoms with Crippen LogP contribution >= 0.6 is 0 Å². The van der Waals surface area contributed by atoms with Gasteiger partial charge in [0.1, 0.15) is 5.75 Å². The summed E-state index contributed by atoms with van der Waals surface area (Å²) in [7, 11) is -2.45. The van der Waals surface area contributed by atoms with Crippen LogP contribution in [0.5, 0.6) is 5.75 Å². The maximum Gasteiger partial charge on any atom is 0.387 e. The second-order valence-electron chi connectivity index (χ2n) is 6.31. The minimum absolute atomic E-state index is 0.0179. The molecule has 1 N–H and O–H groups in total. The molecule has 0 saturated carbocycles. The molecule has 2 rings (SSSR count). The Kier molecular flexibility index (Phi) is 7.09. The lowest BCUT2D eigenvalue weighted by atomic mass is 10.1. The van der Waals surface area contributed by atoms with E-state index in [4.69, 9.17) is 0 Å². The number of rotatable bonds is 8. The van der Waals surface area contributed by atoms with E-state index < -0.39 is 22.5 Å². The number of amides is 1. The number of likely N-dealkylation sites (N-methyl/N-ethyl adjacent to an activating group) is 1. The molecule has 0 fully saturated rings. The Bertz CT molecular complexity index is 931. The first-order valence-electron chi connectivity index (χ1n) is 8.43. The lowest BCUT2D eigenvalue weighted by molar-refractivity contribution is -0.121. The summed E-state index contributed by atoms with van der Waals surface area (Å²) in [5, 5.41) is 2.60. The number of alkyl halides is 2. The molecule has 2 aromatic carbocycles. The molecule has 0 aliphatic rings. The smallest absolute Gasteiger partial charge is 0.387 e. The molecule has 0 bridgehead atoms. The highest BCUT2D eigenvalue weighted by Gasteiger charge is 2.23. The zero-order valence-electron chi connectivity index (χ0n) is 15.8. The summed E-state index contributed by atoms with van der Waals surface area (Å²) >= 11 is 0. The topological polar surface area (TPSA) is 75.7 Å². The van der Waals surface area contributed by atoms with Gasteiger partial charge in [-0.15, -0.1) is 0 Å². The fourth-order valence-electron chi connectivity index (χ4n) is 2.39. The van der Waals surface area contributed by atoms with Gasteiger partial charge in [0.25, 0.3) is 0 Å². The maximum atomic E-state index is 12.6. The summed E-state index contributed by atoms with van der Waals surface area (Å²) in [5.41, 5.74) is 2.48. The largest absolute Gasteiger partial charge is 0.435 e. The summed E-state index contributed by atoms with van der Waals surface area (Å²) in [4.78, 5) is 12.2. The van der Waals surface area contributed by atoms with Crippen molar-refractivity contribution in [2.45, 2.75) is 31.9 Å². The van der Waals surface area contributed by atoms with E-state index in [1.807, 2.05) is 13.8 Å². The summed E-state index contributed by atoms with van der Waals surface area (Å²) in [5.74, 6) is -0.466. The lowest BCUT2D eigenvalue weighted by Crippen LogP contribution is -2.38. The Morgan fingerprint density at radius 3 is 2.32 bits per heavy atom. The number of sulfonamides is 1. The van der Waals surface area contributed by atoms with Gasteiger partial charge in [-0.05, 0) is 54.8 Å². The van der Waals surface area contributed by atoms with Gasteiger partial charge in [0, 0.05) is 13.6 Å². The van der Waals surface area contributed by atoms with Crippen LogP contribution < -0.4 is 10.1 Å². The number of halogens is 2. The van der Waals surface area contributed by atoms with Crippen LogP contribution in [0.3, 0.4) is 0 Å². The van der Waals surface area contributed by atoms with Crippen molar-refractivity contribution in [1.29, 1.82) is 0 Å². The number of hydrogen-bond donors (Lipinski definition) is 1. The number of ether oxygens (including phenoxy) is 1. The molecule has 0 saturated heterocycles. The second kappa shape index (κ2) is 9.11. The van der Waals surface area contributed by atoms with E-state index in [1.54, 1.807) is 12.1 Å². The summed E-state index contributed by atoms with van der Waals surface area (Å²) in [6.07, 6.45) is 0. The summed E-state index contributed by atoms with van der Waals surface area (Å²) in [6, 6.07) is 10.6. The molecule has 0 heterocycles. The molecule has 2 aromatic rings. The van der Waals surface area contributed by atoms with Crippen LogP contribution in [0.4, 0.5) is 8.78 Å². The predicted molar refractivity (Wildman–Crippen MR) is 101 cm³/mol. The highest BCUT2D eigenvalue weighted by atomic mass is 32.2. The molecule has 9 heteroatoms. The number of carbonyl (C=O) groups is 1. The van der Waals surface area contributed by atoms with Gasteiger partial charge in [0.15, 0.2) is 0 Å². The fourth-order valence-corrected chi connectivity index (χ4v) is 3.60. The third-order valence-electron chi connectivity index (χ3n) is 4.19. The van der Waals surface area contributed by atoms with Crippen molar-refractivity contribution in [3.8, 4) is 5.75 Å². The number of aryl methyl sites for hydroxylation is 2. The monoisotopic (exact) mass is 412 g/mol. The maximum absolute atomic E-state index is 12.6. The van der Waals surface area contributed by atoms with Crippen molar-refractivity contribution in [3.63, 3.8) is 0 Å². The van der Waals surface area contributed by atoms with Gasteiger partial charge >= 0.3 is 6.61 Å². The van der Waals surface area contributed by atoms with Crippen LogP contribution in [-0.2, 0) is 21.4 Å². The molecular formula is C19H22F2N2O4S. The van der Waals surface area contributed by atoms with Crippen LogP contribution in [-0.4, -0.2) is 38.8 Å². The highest BCUT2D eigenvalue weighted by molar-refractivity contribution is 7.89. The zero-order valence-corrected chi connectivity index (χ0v) is 16.6. The number of nitrogens with zero attached hydrogens (tertiary/aromatic N) is 1. The molecule has 0 spiro atoms. The van der Waals surface area contributed by atoms with Crippen molar-refractivity contribution in [2.24, 2.45) is 0 Å². The quantitative estimate of drug-likeness (QED) is 0.724. The minimum atomic E-state index is -3.79. The molecule has 0 unspecified atom stereocenters. The van der Waals surface area contributed by atoms with Crippen LogP contribution in [0.15, 0.2) is 47.4 Å². The van der Waals surface area contributed by atoms with Crippen molar-refractivity contribution >= 4 is 15.9 Å². The SMILES string of the molecule is Cc1ccc(S(=O)(=O)N(C)CC(=O)NCc2ccc(OC(F)F)cc2)cc1C. The number of carbonyl (C=O) groups excluding carboxylic acids is 1. The van der Waals surface area contributed by atoms with Gasteiger partial charge in [0.2, 0.25) is 15.9 Å². The van der Waals surface area contributed by atoms with Crippen molar-refractivity contribution in [3.05, 3.63) is 59.2 Å². The van der Waals surface area contributed by atoms with Gasteiger partial charge in [-0.1, -0.05) is 18.2 Å². The Morgan fingerprint density at radius 2 is 1.75 bits per heavy atom. The van der Waals surface area contributed by atoms with Gasteiger partial charge in [-0.25, -0.2) is 8.42 Å². The van der Waals surface area contributed by atoms with Crippen molar-refractivity contribution < 1.29 is 26.7 Å². The molecule has 0 radical (unpaired) electrons. The third-order valence-corrected chi connectivity index (χ3v) is 5.99. The number of benzene rings is 2. The molecule has 28 heavy (non-hydrogen) atoms. The molecule has 152 valence electrons. The van der Waals surface area contributed by atoms with E-state index in [1.165, 1.54) is 37.4 Å². The Hall–Kier alpha value is -2.52. The van der Waals surface area contributed by atoms with Crippen LogP contribution in [0.2, 0.25) is 0 Å². The minimum Gasteiger partial charge on any atom is -0.435 e.